The van der Waals surface area contributed by atoms with Crippen molar-refractivity contribution in [2.45, 2.75) is 74.1 Å². The molecule has 1 atom stereocenters. The fourth-order valence-corrected chi connectivity index (χ4v) is 5.27. The third-order valence-corrected chi connectivity index (χ3v) is 8.52. The van der Waals surface area contributed by atoms with Crippen LogP contribution in [0, 0.1) is 40.0 Å². The molecule has 7 heteroatoms. The van der Waals surface area contributed by atoms with Crippen molar-refractivity contribution in [1.82, 2.24) is 9.55 Å². The first-order chi connectivity index (χ1) is 16.2. The maximum absolute atomic E-state index is 13.7. The molecule has 0 radical (unpaired) electrons. The highest BCUT2D eigenvalue weighted by molar-refractivity contribution is 5.94. The SMILES string of the molecule is COCc1c(C(C)(O)C(C)(C)C(=O)O)cc2n(c1=O)Cc1c-2nc2c(C)c(C)c(C)c(C)c2c1C. The van der Waals surface area contributed by atoms with Crippen molar-refractivity contribution in [1.29, 1.82) is 0 Å². The quantitative estimate of drug-likeness (QED) is 0.440. The number of rotatable bonds is 5. The zero-order valence-corrected chi connectivity index (χ0v) is 22.0. The lowest BCUT2D eigenvalue weighted by Gasteiger charge is -2.38. The van der Waals surface area contributed by atoms with Crippen molar-refractivity contribution in [3.8, 4) is 11.4 Å². The van der Waals surface area contributed by atoms with Crippen LogP contribution in [0.15, 0.2) is 10.9 Å². The van der Waals surface area contributed by atoms with Crippen molar-refractivity contribution >= 4 is 16.9 Å². The number of aliphatic carboxylic acids is 1. The molecule has 7 nitrogen and oxygen atoms in total. The van der Waals surface area contributed by atoms with Crippen LogP contribution >= 0.6 is 0 Å². The number of aromatic nitrogens is 2. The topological polar surface area (TPSA) is 102 Å². The van der Waals surface area contributed by atoms with Gasteiger partial charge in [0.05, 0.1) is 35.5 Å². The summed E-state index contributed by atoms with van der Waals surface area (Å²) in [5.41, 5.74) is 5.78. The van der Waals surface area contributed by atoms with Gasteiger partial charge in [-0.3, -0.25) is 9.59 Å². The van der Waals surface area contributed by atoms with Gasteiger partial charge in [-0.2, -0.15) is 0 Å². The third-order valence-electron chi connectivity index (χ3n) is 8.52. The van der Waals surface area contributed by atoms with E-state index in [0.717, 1.165) is 27.6 Å². The van der Waals surface area contributed by atoms with Crippen molar-refractivity contribution in [3.05, 3.63) is 60.9 Å². The molecule has 1 aliphatic rings. The van der Waals surface area contributed by atoms with Crippen LogP contribution < -0.4 is 5.56 Å². The molecule has 2 aromatic heterocycles. The van der Waals surface area contributed by atoms with Crippen LogP contribution in [0.5, 0.6) is 0 Å². The molecule has 3 heterocycles. The average molecular weight is 479 g/mol. The van der Waals surface area contributed by atoms with Gasteiger partial charge in [0.1, 0.15) is 5.60 Å². The number of aryl methyl sites for hydroxylation is 3. The molecule has 186 valence electrons. The van der Waals surface area contributed by atoms with E-state index in [2.05, 4.69) is 34.6 Å². The Morgan fingerprint density at radius 2 is 1.66 bits per heavy atom. The smallest absolute Gasteiger partial charge is 0.312 e. The Balaban J connectivity index is 2.11. The van der Waals surface area contributed by atoms with Crippen LogP contribution in [0.25, 0.3) is 22.3 Å². The molecule has 0 saturated carbocycles. The molecule has 0 amide bonds. The molecule has 1 unspecified atom stereocenters. The largest absolute Gasteiger partial charge is 0.481 e. The summed E-state index contributed by atoms with van der Waals surface area (Å²) in [6, 6.07) is 1.73. The Bertz CT molecular complexity index is 1480. The highest BCUT2D eigenvalue weighted by Crippen LogP contribution is 2.44. The number of hydrogen-bond donors (Lipinski definition) is 2. The molecule has 4 rings (SSSR count). The lowest BCUT2D eigenvalue weighted by atomic mass is 9.71. The molecular formula is C28H34N2O5. The van der Waals surface area contributed by atoms with E-state index in [-0.39, 0.29) is 23.3 Å². The fourth-order valence-electron chi connectivity index (χ4n) is 5.27. The van der Waals surface area contributed by atoms with Crippen molar-refractivity contribution in [2.75, 3.05) is 7.11 Å². The van der Waals surface area contributed by atoms with Crippen LogP contribution in [-0.2, 0) is 28.3 Å². The highest BCUT2D eigenvalue weighted by Gasteiger charge is 2.49. The van der Waals surface area contributed by atoms with Crippen LogP contribution in [0.4, 0.5) is 0 Å². The van der Waals surface area contributed by atoms with Gasteiger partial charge in [-0.15, -0.1) is 0 Å². The molecule has 3 aromatic rings. The lowest BCUT2D eigenvalue weighted by molar-refractivity contribution is -0.164. The maximum atomic E-state index is 13.7. The molecule has 1 aromatic carbocycles. The van der Waals surface area contributed by atoms with E-state index in [1.165, 1.54) is 44.6 Å². The van der Waals surface area contributed by atoms with Gasteiger partial charge in [0.15, 0.2) is 0 Å². The number of carboxylic acid groups (broad SMARTS) is 1. The normalized spacial score (nSPS) is 14.7. The highest BCUT2D eigenvalue weighted by atomic mass is 16.5. The van der Waals surface area contributed by atoms with E-state index in [9.17, 15) is 19.8 Å². The molecule has 1 aliphatic heterocycles. The zero-order valence-electron chi connectivity index (χ0n) is 22.0. The summed E-state index contributed by atoms with van der Waals surface area (Å²) in [4.78, 5) is 30.9. The van der Waals surface area contributed by atoms with Gasteiger partial charge in [0.2, 0.25) is 0 Å². The van der Waals surface area contributed by atoms with Crippen LogP contribution in [0.2, 0.25) is 0 Å². The Hall–Kier alpha value is -3.03. The summed E-state index contributed by atoms with van der Waals surface area (Å²) < 4.78 is 6.97. The van der Waals surface area contributed by atoms with Crippen LogP contribution in [-0.4, -0.2) is 32.8 Å². The van der Waals surface area contributed by atoms with Gasteiger partial charge in [-0.05, 0) is 94.8 Å². The number of pyridine rings is 2. The van der Waals surface area contributed by atoms with E-state index in [4.69, 9.17) is 9.72 Å². The molecule has 0 spiro atoms. The van der Waals surface area contributed by atoms with Gasteiger partial charge in [-0.1, -0.05) is 0 Å². The number of nitrogens with zero attached hydrogens (tertiary/aromatic N) is 2. The zero-order chi connectivity index (χ0) is 26.2. The van der Waals surface area contributed by atoms with Gasteiger partial charge < -0.3 is 19.5 Å². The van der Waals surface area contributed by atoms with Crippen molar-refractivity contribution in [3.63, 3.8) is 0 Å². The second-order valence-corrected chi connectivity index (χ2v) is 10.5. The van der Waals surface area contributed by atoms with E-state index < -0.39 is 17.0 Å². The number of methoxy groups -OCH3 is 1. The van der Waals surface area contributed by atoms with Crippen LogP contribution in [0.1, 0.15) is 65.3 Å². The maximum Gasteiger partial charge on any atom is 0.312 e. The molecular weight excluding hydrogens is 444 g/mol. The Kier molecular flexibility index (Phi) is 5.73. The van der Waals surface area contributed by atoms with Crippen molar-refractivity contribution in [2.24, 2.45) is 5.41 Å². The minimum absolute atomic E-state index is 0.0400. The monoisotopic (exact) mass is 478 g/mol. The minimum atomic E-state index is -1.84. The predicted octanol–water partition coefficient (Wildman–Crippen LogP) is 4.43. The summed E-state index contributed by atoms with van der Waals surface area (Å²) >= 11 is 0. The summed E-state index contributed by atoms with van der Waals surface area (Å²) in [5.74, 6) is -1.16. The number of hydrogen-bond acceptors (Lipinski definition) is 5. The Labute approximate surface area is 205 Å². The van der Waals surface area contributed by atoms with E-state index in [1.807, 2.05) is 0 Å². The fraction of sp³-hybridized carbons (Fsp3) is 0.464. The number of carboxylic acids is 1. The molecule has 0 fully saturated rings. The number of ether oxygens (including phenoxy) is 1. The lowest BCUT2D eigenvalue weighted by Crippen LogP contribution is -2.47. The molecule has 0 bridgehead atoms. The van der Waals surface area contributed by atoms with Gasteiger partial charge in [0.25, 0.3) is 5.56 Å². The molecule has 0 saturated heterocycles. The average Bonchev–Trinajstić information content (AvgIpc) is 3.17. The van der Waals surface area contributed by atoms with E-state index in [1.54, 1.807) is 10.6 Å². The Morgan fingerprint density at radius 3 is 2.23 bits per heavy atom. The van der Waals surface area contributed by atoms with Gasteiger partial charge >= 0.3 is 5.97 Å². The second kappa shape index (κ2) is 8.00. The Morgan fingerprint density at radius 1 is 1.06 bits per heavy atom. The van der Waals surface area contributed by atoms with Gasteiger partial charge in [-0.25, -0.2) is 4.98 Å². The van der Waals surface area contributed by atoms with Crippen molar-refractivity contribution < 1.29 is 19.7 Å². The first-order valence-electron chi connectivity index (χ1n) is 11.8. The number of aliphatic hydroxyl groups is 1. The summed E-state index contributed by atoms with van der Waals surface area (Å²) in [6.45, 7) is 15.2. The standard InChI is InChI=1S/C28H34N2O5/c1-13-14(2)16(4)23-22(15(13)3)17(5)18-11-30-21(24(18)29-23)10-20(19(12-35-9)25(30)31)28(8,34)27(6,7)26(32)33/h10,34H,11-12H2,1-9H3,(H,32,33). The van der Waals surface area contributed by atoms with E-state index >= 15 is 0 Å². The number of carbonyl (C=O) groups is 1. The second-order valence-electron chi connectivity index (χ2n) is 10.5. The van der Waals surface area contributed by atoms with Gasteiger partial charge in [0, 0.05) is 23.6 Å². The minimum Gasteiger partial charge on any atom is -0.481 e. The first kappa shape index (κ1) is 25.1. The molecule has 2 N–H and O–H groups in total. The summed E-state index contributed by atoms with van der Waals surface area (Å²) in [6.07, 6.45) is 0. The first-order valence-corrected chi connectivity index (χ1v) is 11.8. The summed E-state index contributed by atoms with van der Waals surface area (Å²) in [5, 5.41) is 22.5. The van der Waals surface area contributed by atoms with Crippen LogP contribution in [0.3, 0.4) is 0 Å². The summed E-state index contributed by atoms with van der Waals surface area (Å²) in [7, 11) is 1.47. The number of benzene rings is 1. The molecule has 0 aliphatic carbocycles. The molecule has 35 heavy (non-hydrogen) atoms. The number of fused-ring (bicyclic) bond motifs is 4. The predicted molar refractivity (Wildman–Crippen MR) is 136 cm³/mol. The third kappa shape index (κ3) is 3.28. The van der Waals surface area contributed by atoms with E-state index in [0.29, 0.717) is 17.9 Å².